The molecule has 1 aromatic rings. The summed E-state index contributed by atoms with van der Waals surface area (Å²) in [6.07, 6.45) is 3.72. The molecule has 0 radical (unpaired) electrons. The van der Waals surface area contributed by atoms with Crippen LogP contribution < -0.4 is 0 Å². The molecule has 136 valence electrons. The number of hydrogen-bond donors (Lipinski definition) is 0. The van der Waals surface area contributed by atoms with Crippen LogP contribution in [-0.2, 0) is 19.2 Å². The van der Waals surface area contributed by atoms with Crippen molar-refractivity contribution in [2.24, 2.45) is 17.8 Å². The second-order valence-corrected chi connectivity index (χ2v) is 9.14. The van der Waals surface area contributed by atoms with Crippen molar-refractivity contribution in [1.82, 2.24) is 4.98 Å². The fourth-order valence-corrected chi connectivity index (χ4v) is 6.14. The first kappa shape index (κ1) is 16.2. The number of nitrogens with zero attached hydrogens (tertiary/aromatic N) is 1. The third kappa shape index (κ3) is 2.14. The molecule has 3 saturated heterocycles. The van der Waals surface area contributed by atoms with Crippen LogP contribution >= 0.6 is 11.3 Å². The minimum atomic E-state index is -0.729. The summed E-state index contributed by atoms with van der Waals surface area (Å²) in [4.78, 5) is 16.6. The van der Waals surface area contributed by atoms with E-state index in [2.05, 4.69) is 24.2 Å². The van der Waals surface area contributed by atoms with Gasteiger partial charge in [-0.25, -0.2) is 14.8 Å². The van der Waals surface area contributed by atoms with Crippen LogP contribution in [0.15, 0.2) is 11.0 Å². The van der Waals surface area contributed by atoms with Gasteiger partial charge in [0.15, 0.2) is 16.4 Å². The molecule has 6 atom stereocenters. The quantitative estimate of drug-likeness (QED) is 0.691. The van der Waals surface area contributed by atoms with Gasteiger partial charge in [-0.05, 0) is 51.5 Å². The Morgan fingerprint density at radius 3 is 2.80 bits per heavy atom. The van der Waals surface area contributed by atoms with E-state index in [-0.39, 0.29) is 5.92 Å². The molecule has 1 aliphatic carbocycles. The van der Waals surface area contributed by atoms with E-state index >= 15 is 0 Å². The highest BCUT2D eigenvalue weighted by molar-refractivity contribution is 7.10. The number of hydrogen-bond acceptors (Lipinski definition) is 6. The van der Waals surface area contributed by atoms with Crippen LogP contribution in [0.3, 0.4) is 0 Å². The average Bonchev–Trinajstić information content (AvgIpc) is 2.88. The van der Waals surface area contributed by atoms with Crippen molar-refractivity contribution in [2.75, 3.05) is 0 Å². The standard InChI is InChI=1S/C19H25NO4S/c1-10-5-6-14-12(3)15(16-20-11(2)9-25-16)21-17-19(14)13(10)7-8-18(4,22-17)23-24-19/h9-10,13-14,17H,5-8H2,1-4H3/t10-,13+,14+,17-,18-,19-/m1/s1. The second-order valence-electron chi connectivity index (χ2n) is 8.28. The van der Waals surface area contributed by atoms with Crippen molar-refractivity contribution in [3.63, 3.8) is 0 Å². The van der Waals surface area contributed by atoms with Crippen LogP contribution in [0, 0.1) is 24.7 Å². The van der Waals surface area contributed by atoms with E-state index in [9.17, 15) is 0 Å². The number of aryl methyl sites for hydroxylation is 1. The maximum Gasteiger partial charge on any atom is 0.236 e. The van der Waals surface area contributed by atoms with Gasteiger partial charge < -0.3 is 9.47 Å². The monoisotopic (exact) mass is 363 g/mol. The maximum atomic E-state index is 6.46. The van der Waals surface area contributed by atoms with Crippen LogP contribution in [0.25, 0.3) is 5.76 Å². The first-order valence-electron chi connectivity index (χ1n) is 9.27. The Hall–Kier alpha value is -0.950. The lowest BCUT2D eigenvalue weighted by molar-refractivity contribution is -0.553. The third-order valence-electron chi connectivity index (χ3n) is 6.64. The predicted molar refractivity (Wildman–Crippen MR) is 93.3 cm³/mol. The van der Waals surface area contributed by atoms with Crippen molar-refractivity contribution in [3.8, 4) is 0 Å². The SMILES string of the molecule is CC1=C(c2nc(C)cs2)O[C@@H]2O[C@@]3(C)CC[C@H]4[C@H](C)CC[C@@H]1[C@@]24OO3. The van der Waals surface area contributed by atoms with Gasteiger partial charge in [-0.15, -0.1) is 11.3 Å². The maximum absolute atomic E-state index is 6.46. The molecule has 5 aliphatic rings. The Bertz CT molecular complexity index is 746. The van der Waals surface area contributed by atoms with Gasteiger partial charge in [-0.3, -0.25) is 0 Å². The zero-order valence-electron chi connectivity index (χ0n) is 15.2. The van der Waals surface area contributed by atoms with E-state index in [1.807, 2.05) is 13.8 Å². The molecule has 0 amide bonds. The fourth-order valence-electron chi connectivity index (χ4n) is 5.29. The Kier molecular flexibility index (Phi) is 3.43. The molecule has 2 bridgehead atoms. The van der Waals surface area contributed by atoms with Crippen LogP contribution in [0.1, 0.15) is 57.2 Å². The first-order valence-corrected chi connectivity index (χ1v) is 10.2. The van der Waals surface area contributed by atoms with Gasteiger partial charge in [0.1, 0.15) is 0 Å². The molecule has 5 nitrogen and oxygen atoms in total. The predicted octanol–water partition coefficient (Wildman–Crippen LogP) is 4.43. The van der Waals surface area contributed by atoms with Gasteiger partial charge in [0.2, 0.25) is 12.1 Å². The van der Waals surface area contributed by atoms with Crippen molar-refractivity contribution >= 4 is 17.1 Å². The van der Waals surface area contributed by atoms with Crippen molar-refractivity contribution < 1.29 is 19.2 Å². The Labute approximate surface area is 152 Å². The molecule has 1 saturated carbocycles. The van der Waals surface area contributed by atoms with Gasteiger partial charge in [0.25, 0.3) is 0 Å². The summed E-state index contributed by atoms with van der Waals surface area (Å²) in [5.41, 5.74) is 1.71. The summed E-state index contributed by atoms with van der Waals surface area (Å²) >= 11 is 1.63. The smallest absolute Gasteiger partial charge is 0.236 e. The second kappa shape index (κ2) is 5.28. The molecule has 0 unspecified atom stereocenters. The normalized spacial score (nSPS) is 45.8. The number of aromatic nitrogens is 1. The third-order valence-corrected chi connectivity index (χ3v) is 7.60. The lowest BCUT2D eigenvalue weighted by Gasteiger charge is -2.57. The molecule has 5 heterocycles. The van der Waals surface area contributed by atoms with Gasteiger partial charge >= 0.3 is 0 Å². The van der Waals surface area contributed by atoms with Crippen molar-refractivity contribution in [3.05, 3.63) is 21.7 Å². The molecular formula is C19H25NO4S. The number of rotatable bonds is 1. The Balaban J connectivity index is 1.66. The summed E-state index contributed by atoms with van der Waals surface area (Å²) < 4.78 is 12.8. The lowest BCUT2D eigenvalue weighted by Crippen LogP contribution is -2.66. The minimum absolute atomic E-state index is 0.245. The zero-order chi connectivity index (χ0) is 17.4. The highest BCUT2D eigenvalue weighted by atomic mass is 32.1. The molecular weight excluding hydrogens is 338 g/mol. The number of ether oxygens (including phenoxy) is 2. The molecule has 6 rings (SSSR count). The molecule has 1 aromatic heterocycles. The molecule has 6 heteroatoms. The topological polar surface area (TPSA) is 49.8 Å². The van der Waals surface area contributed by atoms with E-state index in [1.54, 1.807) is 11.3 Å². The van der Waals surface area contributed by atoms with Gasteiger partial charge in [0.05, 0.1) is 0 Å². The zero-order valence-corrected chi connectivity index (χ0v) is 16.0. The minimum Gasteiger partial charge on any atom is -0.458 e. The number of thiazole rings is 1. The van der Waals surface area contributed by atoms with E-state index in [0.717, 1.165) is 35.7 Å². The summed E-state index contributed by atoms with van der Waals surface area (Å²) in [5.74, 6) is 1.36. The van der Waals surface area contributed by atoms with E-state index in [4.69, 9.17) is 19.2 Å². The molecule has 0 N–H and O–H groups in total. The van der Waals surface area contributed by atoms with Gasteiger partial charge in [-0.2, -0.15) is 0 Å². The average molecular weight is 363 g/mol. The number of fused-ring (bicyclic) bond motifs is 2. The molecule has 0 aromatic carbocycles. The fraction of sp³-hybridized carbons (Fsp3) is 0.737. The highest BCUT2D eigenvalue weighted by Crippen LogP contribution is 2.60. The van der Waals surface area contributed by atoms with E-state index in [0.29, 0.717) is 11.8 Å². The molecule has 1 spiro atoms. The van der Waals surface area contributed by atoms with Crippen molar-refractivity contribution in [2.45, 2.75) is 71.1 Å². The van der Waals surface area contributed by atoms with Crippen molar-refractivity contribution in [1.29, 1.82) is 0 Å². The van der Waals surface area contributed by atoms with Crippen LogP contribution in [0.2, 0.25) is 0 Å². The van der Waals surface area contributed by atoms with Crippen LogP contribution in [-0.4, -0.2) is 22.7 Å². The van der Waals surface area contributed by atoms with E-state index in [1.165, 1.54) is 12.0 Å². The largest absolute Gasteiger partial charge is 0.458 e. The van der Waals surface area contributed by atoms with E-state index < -0.39 is 17.7 Å². The summed E-state index contributed by atoms with van der Waals surface area (Å²) in [6, 6.07) is 0. The van der Waals surface area contributed by atoms with Gasteiger partial charge in [-0.1, -0.05) is 6.92 Å². The molecule has 4 aliphatic heterocycles. The Morgan fingerprint density at radius 2 is 2.04 bits per heavy atom. The first-order chi connectivity index (χ1) is 11.9. The van der Waals surface area contributed by atoms with Crippen LogP contribution in [0.5, 0.6) is 0 Å². The lowest BCUT2D eigenvalue weighted by atomic mass is 9.59. The summed E-state index contributed by atoms with van der Waals surface area (Å²) in [6.45, 7) is 8.46. The van der Waals surface area contributed by atoms with Gasteiger partial charge in [0, 0.05) is 29.3 Å². The Morgan fingerprint density at radius 1 is 1.20 bits per heavy atom. The molecule has 4 fully saturated rings. The highest BCUT2D eigenvalue weighted by Gasteiger charge is 2.68. The summed E-state index contributed by atoms with van der Waals surface area (Å²) in [7, 11) is 0. The van der Waals surface area contributed by atoms with Crippen LogP contribution in [0.4, 0.5) is 0 Å². The summed E-state index contributed by atoms with van der Waals surface area (Å²) in [5, 5.41) is 3.01. The molecule has 25 heavy (non-hydrogen) atoms.